The lowest BCUT2D eigenvalue weighted by Gasteiger charge is -2.14. The van der Waals surface area contributed by atoms with E-state index in [4.69, 9.17) is 0 Å². The number of nitrogens with one attached hydrogen (secondary N) is 2. The summed E-state index contributed by atoms with van der Waals surface area (Å²) in [6.07, 6.45) is 1.44. The van der Waals surface area contributed by atoms with Crippen molar-refractivity contribution in [1.29, 1.82) is 0 Å². The van der Waals surface area contributed by atoms with Gasteiger partial charge in [-0.25, -0.2) is 9.78 Å². The zero-order chi connectivity index (χ0) is 17.0. The number of carbonyl (C=O) groups excluding carboxylic acids is 3. The quantitative estimate of drug-likeness (QED) is 0.801. The highest BCUT2D eigenvalue weighted by Gasteiger charge is 2.13. The molecule has 1 aromatic carbocycles. The lowest BCUT2D eigenvalue weighted by Crippen LogP contribution is -2.37. The minimum Gasteiger partial charge on any atom is -0.334 e. The van der Waals surface area contributed by atoms with Crippen LogP contribution in [0.2, 0.25) is 0 Å². The molecule has 0 radical (unpaired) electrons. The van der Waals surface area contributed by atoms with Gasteiger partial charge in [-0.15, -0.1) is 0 Å². The molecule has 0 saturated carbocycles. The number of pyridine rings is 1. The van der Waals surface area contributed by atoms with Gasteiger partial charge in [0.2, 0.25) is 5.91 Å². The van der Waals surface area contributed by atoms with Gasteiger partial charge in [0, 0.05) is 23.3 Å². The molecule has 0 aliphatic heterocycles. The van der Waals surface area contributed by atoms with Gasteiger partial charge in [0.1, 0.15) is 5.69 Å². The van der Waals surface area contributed by atoms with Crippen LogP contribution in [0.4, 0.5) is 4.79 Å². The van der Waals surface area contributed by atoms with E-state index in [1.54, 1.807) is 6.07 Å². The van der Waals surface area contributed by atoms with Crippen LogP contribution < -0.4 is 10.6 Å². The van der Waals surface area contributed by atoms with Gasteiger partial charge < -0.3 is 5.32 Å². The molecule has 120 valence electrons. The minimum atomic E-state index is -0.537. The van der Waals surface area contributed by atoms with Crippen molar-refractivity contribution < 1.29 is 14.4 Å². The molecule has 2 rings (SSSR count). The second kappa shape index (κ2) is 7.32. The molecule has 0 fully saturated rings. The molecule has 7 heteroatoms. The third kappa shape index (κ3) is 3.92. The van der Waals surface area contributed by atoms with E-state index in [0.29, 0.717) is 17.5 Å². The summed E-state index contributed by atoms with van der Waals surface area (Å²) >= 11 is 3.54. The van der Waals surface area contributed by atoms with Crippen molar-refractivity contribution in [3.63, 3.8) is 0 Å². The summed E-state index contributed by atoms with van der Waals surface area (Å²) in [5.74, 6) is -0.413. The maximum Gasteiger partial charge on any atom is 0.321 e. The largest absolute Gasteiger partial charge is 0.334 e. The minimum absolute atomic E-state index is 0.284. The number of urea groups is 1. The number of imide groups is 1. The number of aldehydes is 1. The van der Waals surface area contributed by atoms with Gasteiger partial charge >= 0.3 is 6.03 Å². The highest BCUT2D eigenvalue weighted by molar-refractivity contribution is 9.10. The maximum atomic E-state index is 11.6. The molecule has 0 aliphatic carbocycles. The molecular weight excluding hydrogens is 362 g/mol. The van der Waals surface area contributed by atoms with Gasteiger partial charge in [-0.3, -0.25) is 14.9 Å². The summed E-state index contributed by atoms with van der Waals surface area (Å²) in [4.78, 5) is 37.6. The first kappa shape index (κ1) is 17.1. The predicted molar refractivity (Wildman–Crippen MR) is 90.3 cm³/mol. The number of carbonyl (C=O) groups is 3. The number of nitrogens with zero attached hydrogens (tertiary/aromatic N) is 1. The summed E-state index contributed by atoms with van der Waals surface area (Å²) in [5.41, 5.74) is 3.00. The van der Waals surface area contributed by atoms with Crippen LogP contribution in [0.1, 0.15) is 35.5 Å². The molecule has 0 aliphatic rings. The van der Waals surface area contributed by atoms with Crippen molar-refractivity contribution in [3.05, 3.63) is 39.5 Å². The average molecular weight is 378 g/mol. The van der Waals surface area contributed by atoms with Crippen LogP contribution in [-0.4, -0.2) is 23.2 Å². The van der Waals surface area contributed by atoms with E-state index in [-0.39, 0.29) is 6.54 Å². The lowest BCUT2D eigenvalue weighted by molar-refractivity contribution is -0.117. The van der Waals surface area contributed by atoms with Crippen LogP contribution >= 0.6 is 15.9 Å². The van der Waals surface area contributed by atoms with Gasteiger partial charge in [-0.05, 0) is 45.6 Å². The van der Waals surface area contributed by atoms with Gasteiger partial charge in [0.25, 0.3) is 0 Å². The Labute approximate surface area is 141 Å². The molecule has 2 N–H and O–H groups in total. The number of aromatic nitrogens is 1. The van der Waals surface area contributed by atoms with Gasteiger partial charge in [0.15, 0.2) is 6.29 Å². The number of fused-ring (bicyclic) bond motifs is 1. The summed E-state index contributed by atoms with van der Waals surface area (Å²) in [5, 5.41) is 5.68. The monoisotopic (exact) mass is 377 g/mol. The molecular formula is C16H16BrN3O3. The lowest BCUT2D eigenvalue weighted by atomic mass is 10.0. The highest BCUT2D eigenvalue weighted by Crippen LogP contribution is 2.30. The van der Waals surface area contributed by atoms with Crippen LogP contribution in [0, 0.1) is 0 Å². The number of hydrogen-bond donors (Lipinski definition) is 2. The maximum absolute atomic E-state index is 11.6. The SMILES string of the molecule is CCc1c(CNC(=O)NC(C)=O)cc2ccc(C=O)nc2c1Br. The van der Waals surface area contributed by atoms with Crippen LogP contribution in [0.15, 0.2) is 22.7 Å². The Hall–Kier alpha value is -2.28. The number of benzene rings is 1. The van der Waals surface area contributed by atoms with E-state index in [1.807, 2.05) is 19.1 Å². The highest BCUT2D eigenvalue weighted by atomic mass is 79.9. The molecule has 0 spiro atoms. The molecule has 6 nitrogen and oxygen atoms in total. The van der Waals surface area contributed by atoms with E-state index in [2.05, 4.69) is 31.5 Å². The van der Waals surface area contributed by atoms with Gasteiger partial charge in [0.05, 0.1) is 5.52 Å². The molecule has 2 aromatic rings. The summed E-state index contributed by atoms with van der Waals surface area (Å²) in [6, 6.07) is 4.85. The van der Waals surface area contributed by atoms with Crippen LogP contribution in [0.3, 0.4) is 0 Å². The molecule has 0 unspecified atom stereocenters. The molecule has 0 atom stereocenters. The smallest absolute Gasteiger partial charge is 0.321 e. The second-order valence-corrected chi connectivity index (χ2v) is 5.76. The average Bonchev–Trinajstić information content (AvgIpc) is 2.52. The fourth-order valence-electron chi connectivity index (χ4n) is 2.32. The third-order valence-corrected chi connectivity index (χ3v) is 4.20. The van der Waals surface area contributed by atoms with Crippen LogP contribution in [0.25, 0.3) is 10.9 Å². The second-order valence-electron chi connectivity index (χ2n) is 4.97. The Balaban J connectivity index is 2.38. The normalized spacial score (nSPS) is 10.4. The number of rotatable bonds is 4. The Morgan fingerprint density at radius 3 is 2.70 bits per heavy atom. The van der Waals surface area contributed by atoms with Crippen molar-refractivity contribution in [1.82, 2.24) is 15.6 Å². The van der Waals surface area contributed by atoms with E-state index in [0.717, 1.165) is 27.4 Å². The molecule has 1 heterocycles. The first-order chi connectivity index (χ1) is 11.0. The first-order valence-corrected chi connectivity index (χ1v) is 7.87. The Kier molecular flexibility index (Phi) is 5.44. The summed E-state index contributed by atoms with van der Waals surface area (Å²) < 4.78 is 0.810. The first-order valence-electron chi connectivity index (χ1n) is 7.07. The Morgan fingerprint density at radius 2 is 2.09 bits per heavy atom. The van der Waals surface area contributed by atoms with Crippen LogP contribution in [0.5, 0.6) is 0 Å². The van der Waals surface area contributed by atoms with E-state index in [9.17, 15) is 14.4 Å². The zero-order valence-electron chi connectivity index (χ0n) is 12.8. The van der Waals surface area contributed by atoms with Crippen molar-refractivity contribution >= 4 is 45.1 Å². The number of hydrogen-bond acceptors (Lipinski definition) is 4. The fraction of sp³-hybridized carbons (Fsp3) is 0.250. The molecule has 0 saturated heterocycles. The fourth-order valence-corrected chi connectivity index (χ4v) is 3.17. The van der Waals surface area contributed by atoms with E-state index in [1.165, 1.54) is 6.92 Å². The number of amides is 3. The van der Waals surface area contributed by atoms with E-state index < -0.39 is 11.9 Å². The molecule has 0 bridgehead atoms. The molecule has 23 heavy (non-hydrogen) atoms. The standard InChI is InChI=1S/C16H16BrN3O3/c1-3-13-11(7-18-16(23)19-9(2)22)6-10-4-5-12(8-21)20-15(10)14(13)17/h4-6,8H,3,7H2,1-2H3,(H2,18,19,22,23). The third-order valence-electron chi connectivity index (χ3n) is 3.34. The van der Waals surface area contributed by atoms with Crippen molar-refractivity contribution in [2.75, 3.05) is 0 Å². The van der Waals surface area contributed by atoms with Crippen molar-refractivity contribution in [2.24, 2.45) is 0 Å². The summed E-state index contributed by atoms with van der Waals surface area (Å²) in [7, 11) is 0. The van der Waals surface area contributed by atoms with Crippen molar-refractivity contribution in [3.8, 4) is 0 Å². The Bertz CT molecular complexity index is 790. The topological polar surface area (TPSA) is 88.2 Å². The van der Waals surface area contributed by atoms with Crippen molar-refractivity contribution in [2.45, 2.75) is 26.8 Å². The summed E-state index contributed by atoms with van der Waals surface area (Å²) in [6.45, 7) is 3.56. The zero-order valence-corrected chi connectivity index (χ0v) is 14.4. The predicted octanol–water partition coefficient (Wildman–Crippen LogP) is 2.72. The van der Waals surface area contributed by atoms with Gasteiger partial charge in [-0.2, -0.15) is 0 Å². The van der Waals surface area contributed by atoms with Gasteiger partial charge in [-0.1, -0.05) is 13.0 Å². The molecule has 3 amide bonds. The van der Waals surface area contributed by atoms with E-state index >= 15 is 0 Å². The number of halogens is 1. The molecule has 1 aromatic heterocycles. The van der Waals surface area contributed by atoms with Crippen LogP contribution in [-0.2, 0) is 17.8 Å². The Morgan fingerprint density at radius 1 is 1.35 bits per heavy atom.